The molecule has 0 saturated carbocycles. The molecule has 0 aromatic heterocycles. The Morgan fingerprint density at radius 2 is 2.10 bits per heavy atom. The highest BCUT2D eigenvalue weighted by Gasteiger charge is 2.15. The van der Waals surface area contributed by atoms with Crippen molar-refractivity contribution in [2.75, 3.05) is 13.2 Å². The summed E-state index contributed by atoms with van der Waals surface area (Å²) >= 11 is 11.7. The molecule has 1 amide bonds. The van der Waals surface area contributed by atoms with Gasteiger partial charge in [0.2, 0.25) is 0 Å². The van der Waals surface area contributed by atoms with E-state index in [1.807, 2.05) is 26.8 Å². The fourth-order valence-electron chi connectivity index (χ4n) is 1.37. The lowest BCUT2D eigenvalue weighted by molar-refractivity contribution is 0.0525. The summed E-state index contributed by atoms with van der Waals surface area (Å²) in [6.07, 6.45) is 0.251. The normalized spacial score (nSPS) is 11.1. The number of hydrogen-bond acceptors (Lipinski definition) is 3. The van der Waals surface area contributed by atoms with Crippen molar-refractivity contribution in [2.24, 2.45) is 0 Å². The van der Waals surface area contributed by atoms with Gasteiger partial charge in [-0.15, -0.1) is 0 Å². The molecule has 0 heterocycles. The number of benzene rings is 1. The van der Waals surface area contributed by atoms with Crippen LogP contribution in [-0.2, 0) is 4.74 Å². The maximum absolute atomic E-state index is 11.4. The van der Waals surface area contributed by atoms with E-state index >= 15 is 0 Å². The molecule has 0 aliphatic heterocycles. The molecule has 1 aromatic rings. The van der Waals surface area contributed by atoms with Gasteiger partial charge in [0, 0.05) is 14.6 Å². The summed E-state index contributed by atoms with van der Waals surface area (Å²) in [7, 11) is 0. The smallest absolute Gasteiger partial charge is 0.407 e. The highest BCUT2D eigenvalue weighted by Crippen LogP contribution is 2.32. The number of ether oxygens (including phenoxy) is 2. The molecule has 118 valence electrons. The van der Waals surface area contributed by atoms with Gasteiger partial charge in [-0.3, -0.25) is 0 Å². The fourth-order valence-corrected chi connectivity index (χ4v) is 2.51. The molecule has 4 nitrogen and oxygen atoms in total. The largest absolute Gasteiger partial charge is 0.492 e. The van der Waals surface area contributed by atoms with Gasteiger partial charge >= 0.3 is 6.09 Å². The Hall–Kier alpha value is -0.210. The Kier molecular flexibility index (Phi) is 7.56. The third-order valence-electron chi connectivity index (χ3n) is 2.22. The maximum atomic E-state index is 11.4. The molecule has 0 saturated heterocycles. The van der Waals surface area contributed by atoms with Crippen LogP contribution in [0, 0.1) is 3.57 Å². The summed E-state index contributed by atoms with van der Waals surface area (Å²) in [6.45, 7) is 6.43. The van der Waals surface area contributed by atoms with Crippen molar-refractivity contribution in [3.63, 3.8) is 0 Å². The second-order valence-corrected chi connectivity index (χ2v) is 7.75. The molecule has 7 heteroatoms. The van der Waals surface area contributed by atoms with E-state index in [1.165, 1.54) is 0 Å². The minimum Gasteiger partial charge on any atom is -0.492 e. The Morgan fingerprint density at radius 3 is 2.71 bits per heavy atom. The van der Waals surface area contributed by atoms with Gasteiger partial charge in [0.25, 0.3) is 0 Å². The Morgan fingerprint density at radius 1 is 1.43 bits per heavy atom. The number of alkyl carbamates (subject to hydrolysis) is 1. The third-order valence-corrected chi connectivity index (χ3v) is 4.81. The molecule has 0 radical (unpaired) electrons. The standard InChI is InChI=1S/C14H18BrClINO3/c1-14(2,3)21-13(19)18-5-4-6-20-12-8-11(17)9(15)7-10(12)16/h7-8H,4-6H2,1-3H3,(H,18,19). The van der Waals surface area contributed by atoms with E-state index in [9.17, 15) is 4.79 Å². The SMILES string of the molecule is CC(C)(C)OC(=O)NCCCOc1cc(I)c(Br)cc1Cl. The first-order chi connectivity index (χ1) is 9.69. The van der Waals surface area contributed by atoms with Gasteiger partial charge in [-0.2, -0.15) is 0 Å². The zero-order valence-corrected chi connectivity index (χ0v) is 16.6. The molecule has 0 unspecified atom stereocenters. The van der Waals surface area contributed by atoms with Crippen LogP contribution in [0.25, 0.3) is 0 Å². The monoisotopic (exact) mass is 489 g/mol. The predicted octanol–water partition coefficient (Wildman–Crippen LogP) is 5.00. The third kappa shape index (κ3) is 7.56. The number of rotatable bonds is 5. The van der Waals surface area contributed by atoms with Crippen LogP contribution in [0.15, 0.2) is 16.6 Å². The predicted molar refractivity (Wildman–Crippen MR) is 96.2 cm³/mol. The number of amides is 1. The van der Waals surface area contributed by atoms with E-state index in [0.29, 0.717) is 30.3 Å². The van der Waals surface area contributed by atoms with E-state index < -0.39 is 11.7 Å². The lowest BCUT2D eigenvalue weighted by atomic mass is 10.2. The Balaban J connectivity index is 2.29. The zero-order chi connectivity index (χ0) is 16.0. The van der Waals surface area contributed by atoms with Crippen LogP contribution < -0.4 is 10.1 Å². The minimum absolute atomic E-state index is 0.418. The maximum Gasteiger partial charge on any atom is 0.407 e. The van der Waals surface area contributed by atoms with Crippen LogP contribution in [0.2, 0.25) is 5.02 Å². The zero-order valence-electron chi connectivity index (χ0n) is 12.1. The van der Waals surface area contributed by atoms with Crippen LogP contribution >= 0.6 is 50.1 Å². The van der Waals surface area contributed by atoms with Crippen molar-refractivity contribution in [2.45, 2.75) is 32.8 Å². The first-order valence-electron chi connectivity index (χ1n) is 6.43. The van der Waals surface area contributed by atoms with E-state index in [4.69, 9.17) is 21.1 Å². The molecule has 0 atom stereocenters. The van der Waals surface area contributed by atoms with E-state index in [0.717, 1.165) is 8.04 Å². The second-order valence-electron chi connectivity index (χ2n) is 5.33. The quantitative estimate of drug-likeness (QED) is 0.359. The Bertz CT molecular complexity index is 506. The van der Waals surface area contributed by atoms with Crippen LogP contribution in [0.1, 0.15) is 27.2 Å². The lowest BCUT2D eigenvalue weighted by Crippen LogP contribution is -2.33. The van der Waals surface area contributed by atoms with Gasteiger partial charge < -0.3 is 14.8 Å². The van der Waals surface area contributed by atoms with Crippen molar-refractivity contribution >= 4 is 56.2 Å². The topological polar surface area (TPSA) is 47.6 Å². The molecule has 0 bridgehead atoms. The molecule has 1 aromatic carbocycles. The number of hydrogen-bond donors (Lipinski definition) is 1. The summed E-state index contributed by atoms with van der Waals surface area (Å²) in [5, 5.41) is 3.24. The van der Waals surface area contributed by atoms with Crippen molar-refractivity contribution in [3.05, 3.63) is 25.2 Å². The van der Waals surface area contributed by atoms with Crippen LogP contribution in [-0.4, -0.2) is 24.8 Å². The molecular formula is C14H18BrClINO3. The van der Waals surface area contributed by atoms with Gasteiger partial charge in [-0.25, -0.2) is 4.79 Å². The first kappa shape index (κ1) is 18.8. The van der Waals surface area contributed by atoms with Crippen molar-refractivity contribution in [1.82, 2.24) is 5.32 Å². The highest BCUT2D eigenvalue weighted by atomic mass is 127. The Labute approximate surface area is 152 Å². The fraction of sp³-hybridized carbons (Fsp3) is 0.500. The van der Waals surface area contributed by atoms with Crippen molar-refractivity contribution in [3.8, 4) is 5.75 Å². The number of halogens is 3. The molecule has 21 heavy (non-hydrogen) atoms. The van der Waals surface area contributed by atoms with Crippen molar-refractivity contribution in [1.29, 1.82) is 0 Å². The molecule has 0 aliphatic rings. The number of carbonyl (C=O) groups excluding carboxylic acids is 1. The van der Waals surface area contributed by atoms with Gasteiger partial charge in [0.1, 0.15) is 11.4 Å². The van der Waals surface area contributed by atoms with Gasteiger partial charge in [0.15, 0.2) is 0 Å². The van der Waals surface area contributed by atoms with Gasteiger partial charge in [-0.05, 0) is 77.8 Å². The summed E-state index contributed by atoms with van der Waals surface area (Å²) in [5.74, 6) is 0.640. The molecule has 0 fully saturated rings. The van der Waals surface area contributed by atoms with E-state index in [-0.39, 0.29) is 0 Å². The van der Waals surface area contributed by atoms with Crippen LogP contribution in [0.3, 0.4) is 0 Å². The average Bonchev–Trinajstić information content (AvgIpc) is 2.32. The van der Waals surface area contributed by atoms with Gasteiger partial charge in [-0.1, -0.05) is 11.6 Å². The van der Waals surface area contributed by atoms with Crippen LogP contribution in [0.5, 0.6) is 5.75 Å². The minimum atomic E-state index is -0.484. The molecular weight excluding hydrogens is 472 g/mol. The summed E-state index contributed by atoms with van der Waals surface area (Å²) < 4.78 is 12.7. The number of nitrogens with one attached hydrogen (secondary N) is 1. The molecule has 0 spiro atoms. The van der Waals surface area contributed by atoms with E-state index in [2.05, 4.69) is 43.8 Å². The molecule has 1 rings (SSSR count). The van der Waals surface area contributed by atoms with Gasteiger partial charge in [0.05, 0.1) is 11.6 Å². The summed E-state index contributed by atoms with van der Waals surface area (Å²) in [4.78, 5) is 11.4. The highest BCUT2D eigenvalue weighted by molar-refractivity contribution is 14.1. The lowest BCUT2D eigenvalue weighted by Gasteiger charge is -2.19. The average molecular weight is 491 g/mol. The van der Waals surface area contributed by atoms with Crippen molar-refractivity contribution < 1.29 is 14.3 Å². The summed E-state index contributed by atoms with van der Waals surface area (Å²) in [6, 6.07) is 3.67. The second kappa shape index (κ2) is 8.43. The summed E-state index contributed by atoms with van der Waals surface area (Å²) in [5.41, 5.74) is -0.484. The van der Waals surface area contributed by atoms with E-state index in [1.54, 1.807) is 6.07 Å². The van der Waals surface area contributed by atoms with Crippen LogP contribution in [0.4, 0.5) is 4.79 Å². The number of carbonyl (C=O) groups is 1. The molecule has 0 aliphatic carbocycles. The first-order valence-corrected chi connectivity index (χ1v) is 8.68. The molecule has 1 N–H and O–H groups in total.